The Morgan fingerprint density at radius 3 is 2.62 bits per heavy atom. The lowest BCUT2D eigenvalue weighted by Crippen LogP contribution is -2.08. The minimum absolute atomic E-state index is 0.334. The Morgan fingerprint density at radius 1 is 1.38 bits per heavy atom. The van der Waals surface area contributed by atoms with Gasteiger partial charge < -0.3 is 10.5 Å². The van der Waals surface area contributed by atoms with Crippen LogP contribution in [-0.2, 0) is 0 Å². The largest absolute Gasteiger partial charge is 0.422 e. The molecule has 4 nitrogen and oxygen atoms in total. The van der Waals surface area contributed by atoms with Gasteiger partial charge >= 0.3 is 5.97 Å². The van der Waals surface area contributed by atoms with Gasteiger partial charge in [-0.25, -0.2) is 4.79 Å². The number of anilines is 1. The van der Waals surface area contributed by atoms with E-state index in [0.29, 0.717) is 16.3 Å². The number of hydrogen-bond donors (Lipinski definition) is 1. The molecule has 1 heterocycles. The van der Waals surface area contributed by atoms with Gasteiger partial charge in [-0.3, -0.25) is 0 Å². The maximum atomic E-state index is 11.6. The third kappa shape index (κ3) is 2.20. The zero-order chi connectivity index (χ0) is 11.5. The maximum absolute atomic E-state index is 11.6. The summed E-state index contributed by atoms with van der Waals surface area (Å²) in [6.07, 6.45) is 1.44. The molecule has 2 rings (SSSR count). The number of esters is 1. The summed E-state index contributed by atoms with van der Waals surface area (Å²) >= 11 is 1.03. The molecule has 0 bridgehead atoms. The monoisotopic (exact) mass is 234 g/mol. The minimum atomic E-state index is -0.469. The van der Waals surface area contributed by atoms with E-state index in [0.717, 1.165) is 17.1 Å². The quantitative estimate of drug-likeness (QED) is 0.639. The Bertz CT molecular complexity index is 505. The number of nitrogen functional groups attached to an aromatic ring is 1. The van der Waals surface area contributed by atoms with Gasteiger partial charge in [-0.1, -0.05) is 17.7 Å². The summed E-state index contributed by atoms with van der Waals surface area (Å²) in [5.74, 6) is 0.0345. The molecule has 0 aliphatic rings. The van der Waals surface area contributed by atoms with Crippen molar-refractivity contribution in [2.24, 2.45) is 0 Å². The molecule has 0 spiro atoms. The number of nitrogens with zero attached hydrogens (tertiary/aromatic N) is 1. The summed E-state index contributed by atoms with van der Waals surface area (Å²) in [7, 11) is 0. The summed E-state index contributed by atoms with van der Waals surface area (Å²) in [6, 6.07) is 7.23. The van der Waals surface area contributed by atoms with Gasteiger partial charge in [0.05, 0.1) is 11.9 Å². The number of carbonyl (C=O) groups is 1. The molecule has 0 radical (unpaired) electrons. The number of aryl methyl sites for hydroxylation is 1. The van der Waals surface area contributed by atoms with Gasteiger partial charge in [0.2, 0.25) is 0 Å². The molecule has 0 unspecified atom stereocenters. The molecule has 1 aromatic heterocycles. The van der Waals surface area contributed by atoms with E-state index in [1.54, 1.807) is 12.1 Å². The lowest BCUT2D eigenvalue weighted by atomic mass is 10.2. The van der Waals surface area contributed by atoms with Crippen molar-refractivity contribution in [2.45, 2.75) is 6.92 Å². The van der Waals surface area contributed by atoms with Crippen LogP contribution in [0.2, 0.25) is 0 Å². The SMILES string of the molecule is Cc1ccc(OC(=O)c2sncc2N)cc1. The van der Waals surface area contributed by atoms with Crippen molar-refractivity contribution in [1.29, 1.82) is 0 Å². The lowest BCUT2D eigenvalue weighted by molar-refractivity contribution is 0.0741. The van der Waals surface area contributed by atoms with Crippen LogP contribution in [0.1, 0.15) is 15.2 Å². The molecule has 16 heavy (non-hydrogen) atoms. The second-order valence-corrected chi connectivity index (χ2v) is 4.11. The fraction of sp³-hybridized carbons (Fsp3) is 0.0909. The van der Waals surface area contributed by atoms with Crippen molar-refractivity contribution in [3.63, 3.8) is 0 Å². The Hall–Kier alpha value is -1.88. The smallest absolute Gasteiger partial charge is 0.357 e. The molecule has 0 amide bonds. The first-order valence-electron chi connectivity index (χ1n) is 4.66. The number of hydrogen-bond acceptors (Lipinski definition) is 5. The number of benzene rings is 1. The van der Waals surface area contributed by atoms with Crippen LogP contribution in [0.25, 0.3) is 0 Å². The normalized spacial score (nSPS) is 10.1. The van der Waals surface area contributed by atoms with Crippen molar-refractivity contribution in [1.82, 2.24) is 4.37 Å². The van der Waals surface area contributed by atoms with Crippen LogP contribution in [0.3, 0.4) is 0 Å². The summed E-state index contributed by atoms with van der Waals surface area (Å²) in [4.78, 5) is 12.0. The Morgan fingerprint density at radius 2 is 2.06 bits per heavy atom. The molecule has 0 saturated heterocycles. The summed E-state index contributed by atoms with van der Waals surface area (Å²) in [5.41, 5.74) is 7.02. The fourth-order valence-electron chi connectivity index (χ4n) is 1.16. The topological polar surface area (TPSA) is 65.2 Å². The van der Waals surface area contributed by atoms with E-state index >= 15 is 0 Å². The zero-order valence-corrected chi connectivity index (χ0v) is 9.45. The number of carbonyl (C=O) groups excluding carboxylic acids is 1. The lowest BCUT2D eigenvalue weighted by Gasteiger charge is -2.02. The van der Waals surface area contributed by atoms with Gasteiger partial charge in [0.1, 0.15) is 5.75 Å². The summed E-state index contributed by atoms with van der Waals surface area (Å²) in [6.45, 7) is 1.97. The molecule has 0 fully saturated rings. The summed E-state index contributed by atoms with van der Waals surface area (Å²) < 4.78 is 8.96. The number of aromatic nitrogens is 1. The van der Waals surface area contributed by atoms with E-state index in [1.165, 1.54) is 6.20 Å². The van der Waals surface area contributed by atoms with Crippen molar-refractivity contribution in [3.05, 3.63) is 40.9 Å². The molecular weight excluding hydrogens is 224 g/mol. The minimum Gasteiger partial charge on any atom is -0.422 e. The molecule has 5 heteroatoms. The van der Waals surface area contributed by atoms with Crippen molar-refractivity contribution in [3.8, 4) is 5.75 Å². The molecule has 2 N–H and O–H groups in total. The highest BCUT2D eigenvalue weighted by Crippen LogP contribution is 2.19. The molecule has 0 saturated carbocycles. The molecule has 0 aliphatic carbocycles. The first-order chi connectivity index (χ1) is 7.66. The van der Waals surface area contributed by atoms with Crippen LogP contribution in [0, 0.1) is 6.92 Å². The molecule has 1 aromatic carbocycles. The average Bonchev–Trinajstić information content (AvgIpc) is 2.68. The van der Waals surface area contributed by atoms with Crippen molar-refractivity contribution < 1.29 is 9.53 Å². The maximum Gasteiger partial charge on any atom is 0.357 e. The fourth-order valence-corrected chi connectivity index (χ4v) is 1.71. The van der Waals surface area contributed by atoms with E-state index in [4.69, 9.17) is 10.5 Å². The van der Waals surface area contributed by atoms with Gasteiger partial charge in [-0.2, -0.15) is 4.37 Å². The number of nitrogens with two attached hydrogens (primary N) is 1. The Kier molecular flexibility index (Phi) is 2.87. The van der Waals surface area contributed by atoms with E-state index in [2.05, 4.69) is 4.37 Å². The van der Waals surface area contributed by atoms with Gasteiger partial charge in [0.25, 0.3) is 0 Å². The van der Waals surface area contributed by atoms with E-state index < -0.39 is 5.97 Å². The van der Waals surface area contributed by atoms with Crippen LogP contribution < -0.4 is 10.5 Å². The van der Waals surface area contributed by atoms with Gasteiger partial charge in [0, 0.05) is 0 Å². The molecular formula is C11H10N2O2S. The molecule has 2 aromatic rings. The van der Waals surface area contributed by atoms with Crippen LogP contribution in [-0.4, -0.2) is 10.3 Å². The van der Waals surface area contributed by atoms with E-state index in [-0.39, 0.29) is 0 Å². The second kappa shape index (κ2) is 4.32. The first-order valence-corrected chi connectivity index (χ1v) is 5.43. The second-order valence-electron chi connectivity index (χ2n) is 3.31. The van der Waals surface area contributed by atoms with Crippen molar-refractivity contribution in [2.75, 3.05) is 5.73 Å². The third-order valence-corrected chi connectivity index (χ3v) is 2.81. The number of ether oxygens (including phenoxy) is 1. The Balaban J connectivity index is 2.14. The molecule has 0 atom stereocenters. The van der Waals surface area contributed by atoms with E-state index in [1.807, 2.05) is 19.1 Å². The van der Waals surface area contributed by atoms with Crippen LogP contribution in [0.15, 0.2) is 30.5 Å². The predicted octanol–water partition coefficient (Wildman–Crippen LogP) is 2.25. The zero-order valence-electron chi connectivity index (χ0n) is 8.64. The van der Waals surface area contributed by atoms with Gasteiger partial charge in [-0.15, -0.1) is 0 Å². The standard InChI is InChI=1S/C11H10N2O2S/c1-7-2-4-8(5-3-7)15-11(14)10-9(12)6-13-16-10/h2-6H,12H2,1H3. The van der Waals surface area contributed by atoms with Crippen LogP contribution in [0.5, 0.6) is 5.75 Å². The predicted molar refractivity (Wildman–Crippen MR) is 62.7 cm³/mol. The average molecular weight is 234 g/mol. The highest BCUT2D eigenvalue weighted by Gasteiger charge is 2.14. The van der Waals surface area contributed by atoms with Gasteiger partial charge in [-0.05, 0) is 30.6 Å². The van der Waals surface area contributed by atoms with Crippen molar-refractivity contribution >= 4 is 23.2 Å². The first kappa shape index (κ1) is 10.6. The Labute approximate surface area is 96.8 Å². The third-order valence-electron chi connectivity index (χ3n) is 2.01. The van der Waals surface area contributed by atoms with E-state index in [9.17, 15) is 4.79 Å². The molecule has 82 valence electrons. The summed E-state index contributed by atoms with van der Waals surface area (Å²) in [5, 5.41) is 0. The molecule has 0 aliphatic heterocycles. The highest BCUT2D eigenvalue weighted by atomic mass is 32.1. The number of rotatable bonds is 2. The van der Waals surface area contributed by atoms with Gasteiger partial charge in [0.15, 0.2) is 4.88 Å². The van der Waals surface area contributed by atoms with Crippen LogP contribution in [0.4, 0.5) is 5.69 Å². The highest BCUT2D eigenvalue weighted by molar-refractivity contribution is 7.08. The van der Waals surface area contributed by atoms with Crippen LogP contribution >= 0.6 is 11.5 Å².